The molecule has 0 unspecified atom stereocenters. The lowest BCUT2D eigenvalue weighted by molar-refractivity contribution is 0.697. The van der Waals surface area contributed by atoms with E-state index in [4.69, 9.17) is 5.73 Å². The van der Waals surface area contributed by atoms with E-state index in [9.17, 15) is 0 Å². The molecule has 18 heavy (non-hydrogen) atoms. The van der Waals surface area contributed by atoms with Crippen LogP contribution in [0.2, 0.25) is 0 Å². The molecule has 3 heterocycles. The first-order valence-electron chi connectivity index (χ1n) is 5.82. The van der Waals surface area contributed by atoms with E-state index in [1.54, 1.807) is 6.20 Å². The first-order chi connectivity index (χ1) is 8.79. The summed E-state index contributed by atoms with van der Waals surface area (Å²) < 4.78 is 2.10. The number of thiazole rings is 1. The van der Waals surface area contributed by atoms with Gasteiger partial charge in [-0.3, -0.25) is 0 Å². The molecule has 6 heteroatoms. The topological polar surface area (TPSA) is 69.6 Å². The van der Waals surface area contributed by atoms with E-state index in [1.165, 1.54) is 11.3 Å². The average Bonchev–Trinajstić information content (AvgIpc) is 2.95. The summed E-state index contributed by atoms with van der Waals surface area (Å²) in [6, 6.07) is 3.86. The fourth-order valence-electron chi connectivity index (χ4n) is 1.98. The molecule has 3 aromatic heterocycles. The van der Waals surface area contributed by atoms with Gasteiger partial charge in [0.2, 0.25) is 0 Å². The zero-order valence-electron chi connectivity index (χ0n) is 10.00. The molecule has 0 aromatic carbocycles. The van der Waals surface area contributed by atoms with Crippen LogP contribution in [-0.2, 0) is 6.54 Å². The average molecular weight is 259 g/mol. The molecular weight excluding hydrogens is 246 g/mol. The van der Waals surface area contributed by atoms with E-state index >= 15 is 0 Å². The maximum Gasteiger partial charge on any atom is 0.180 e. The fraction of sp³-hybridized carbons (Fsp3) is 0.250. The Morgan fingerprint density at radius 2 is 2.28 bits per heavy atom. The van der Waals surface area contributed by atoms with Crippen molar-refractivity contribution in [1.82, 2.24) is 19.5 Å². The van der Waals surface area contributed by atoms with Gasteiger partial charge in [0.05, 0.1) is 0 Å². The molecule has 0 bridgehead atoms. The van der Waals surface area contributed by atoms with Crippen molar-refractivity contribution >= 4 is 27.6 Å². The summed E-state index contributed by atoms with van der Waals surface area (Å²) in [6.45, 7) is 3.01. The van der Waals surface area contributed by atoms with E-state index in [1.807, 2.05) is 17.5 Å². The molecule has 0 aliphatic carbocycles. The molecule has 0 aliphatic heterocycles. The van der Waals surface area contributed by atoms with Gasteiger partial charge in [-0.05, 0) is 18.6 Å². The van der Waals surface area contributed by atoms with Crippen LogP contribution >= 0.6 is 11.3 Å². The summed E-state index contributed by atoms with van der Waals surface area (Å²) in [4.78, 5) is 13.3. The van der Waals surface area contributed by atoms with E-state index in [0.29, 0.717) is 5.13 Å². The molecule has 0 saturated carbocycles. The van der Waals surface area contributed by atoms with Crippen LogP contribution in [0.15, 0.2) is 23.7 Å². The second-order valence-corrected chi connectivity index (χ2v) is 4.89. The second kappa shape index (κ2) is 4.38. The van der Waals surface area contributed by atoms with Crippen LogP contribution in [0.5, 0.6) is 0 Å². The summed E-state index contributed by atoms with van der Waals surface area (Å²) in [7, 11) is 0. The van der Waals surface area contributed by atoms with E-state index in [0.717, 1.165) is 35.6 Å². The van der Waals surface area contributed by atoms with Crippen LogP contribution < -0.4 is 5.73 Å². The van der Waals surface area contributed by atoms with Crippen molar-refractivity contribution in [3.05, 3.63) is 23.7 Å². The number of hydrogen-bond donors (Lipinski definition) is 1. The van der Waals surface area contributed by atoms with Gasteiger partial charge in [0.25, 0.3) is 0 Å². The molecule has 5 nitrogen and oxygen atoms in total. The molecule has 0 fully saturated rings. The van der Waals surface area contributed by atoms with Gasteiger partial charge in [0.1, 0.15) is 11.2 Å². The minimum absolute atomic E-state index is 0.563. The van der Waals surface area contributed by atoms with Crippen LogP contribution in [-0.4, -0.2) is 19.5 Å². The van der Waals surface area contributed by atoms with Crippen molar-refractivity contribution in [3.63, 3.8) is 0 Å². The van der Waals surface area contributed by atoms with Gasteiger partial charge in [-0.2, -0.15) is 0 Å². The van der Waals surface area contributed by atoms with Crippen molar-refractivity contribution in [2.24, 2.45) is 0 Å². The molecule has 92 valence electrons. The Kier molecular flexibility index (Phi) is 2.71. The first kappa shape index (κ1) is 11.2. The molecule has 0 spiro atoms. The lowest BCUT2D eigenvalue weighted by Gasteiger charge is -2.04. The highest BCUT2D eigenvalue weighted by Gasteiger charge is 2.14. The second-order valence-electron chi connectivity index (χ2n) is 4.00. The molecule has 3 rings (SSSR count). The number of aromatic nitrogens is 4. The van der Waals surface area contributed by atoms with Crippen LogP contribution in [0.4, 0.5) is 5.13 Å². The standard InChI is InChI=1S/C12H13N5S/c1-2-6-17-10-8(4-3-5-14-10)15-11(17)9-7-18-12(13)16-9/h3-5,7H,2,6H2,1H3,(H2,13,16). The molecular formula is C12H13N5S. The largest absolute Gasteiger partial charge is 0.375 e. The number of pyridine rings is 1. The number of hydrogen-bond acceptors (Lipinski definition) is 5. The normalized spacial score (nSPS) is 11.2. The van der Waals surface area contributed by atoms with E-state index in [-0.39, 0.29) is 0 Å². The highest BCUT2D eigenvalue weighted by Crippen LogP contribution is 2.26. The number of fused-ring (bicyclic) bond motifs is 1. The predicted molar refractivity (Wildman–Crippen MR) is 73.3 cm³/mol. The number of nitrogens with zero attached hydrogens (tertiary/aromatic N) is 4. The van der Waals surface area contributed by atoms with E-state index < -0.39 is 0 Å². The monoisotopic (exact) mass is 259 g/mol. The Bertz CT molecular complexity index is 685. The van der Waals surface area contributed by atoms with Gasteiger partial charge >= 0.3 is 0 Å². The van der Waals surface area contributed by atoms with Gasteiger partial charge in [-0.15, -0.1) is 11.3 Å². The highest BCUT2D eigenvalue weighted by atomic mass is 32.1. The van der Waals surface area contributed by atoms with Crippen molar-refractivity contribution in [2.75, 3.05) is 5.73 Å². The first-order valence-corrected chi connectivity index (χ1v) is 6.70. The lowest BCUT2D eigenvalue weighted by Crippen LogP contribution is -2.01. The van der Waals surface area contributed by atoms with Crippen molar-refractivity contribution in [1.29, 1.82) is 0 Å². The Balaban J connectivity index is 2.24. The Morgan fingerprint density at radius 1 is 1.39 bits per heavy atom. The Hall–Kier alpha value is -1.95. The molecule has 3 aromatic rings. The third-order valence-electron chi connectivity index (χ3n) is 2.70. The number of anilines is 1. The van der Waals surface area contributed by atoms with Crippen LogP contribution in [0.25, 0.3) is 22.7 Å². The van der Waals surface area contributed by atoms with Gasteiger partial charge in [0, 0.05) is 18.1 Å². The number of nitrogen functional groups attached to an aromatic ring is 1. The molecule has 2 N–H and O–H groups in total. The number of nitrogens with two attached hydrogens (primary N) is 1. The smallest absolute Gasteiger partial charge is 0.180 e. The lowest BCUT2D eigenvalue weighted by atomic mass is 10.4. The minimum Gasteiger partial charge on any atom is -0.375 e. The molecule has 0 amide bonds. The number of rotatable bonds is 3. The van der Waals surface area contributed by atoms with Crippen LogP contribution in [0, 0.1) is 0 Å². The van der Waals surface area contributed by atoms with Gasteiger partial charge in [0.15, 0.2) is 16.6 Å². The maximum absolute atomic E-state index is 5.69. The molecule has 0 atom stereocenters. The van der Waals surface area contributed by atoms with E-state index in [2.05, 4.69) is 26.4 Å². The summed E-state index contributed by atoms with van der Waals surface area (Å²) in [5.41, 5.74) is 8.31. The van der Waals surface area contributed by atoms with Gasteiger partial charge in [-0.1, -0.05) is 6.92 Å². The van der Waals surface area contributed by atoms with Crippen molar-refractivity contribution in [2.45, 2.75) is 19.9 Å². The van der Waals surface area contributed by atoms with Crippen molar-refractivity contribution < 1.29 is 0 Å². The van der Waals surface area contributed by atoms with Crippen LogP contribution in [0.3, 0.4) is 0 Å². The SMILES string of the molecule is CCCn1c(-c2csc(N)n2)nc2cccnc21. The maximum atomic E-state index is 5.69. The summed E-state index contributed by atoms with van der Waals surface area (Å²) in [6.07, 6.45) is 2.81. The fourth-order valence-corrected chi connectivity index (χ4v) is 2.52. The quantitative estimate of drug-likeness (QED) is 0.784. The van der Waals surface area contributed by atoms with Gasteiger partial charge in [-0.25, -0.2) is 15.0 Å². The Morgan fingerprint density at radius 3 is 3.00 bits per heavy atom. The Labute approximate surface area is 108 Å². The predicted octanol–water partition coefficient (Wildman–Crippen LogP) is 2.55. The van der Waals surface area contributed by atoms with Crippen molar-refractivity contribution in [3.8, 4) is 11.5 Å². The zero-order chi connectivity index (χ0) is 12.5. The minimum atomic E-state index is 0.563. The number of imidazole rings is 1. The van der Waals surface area contributed by atoms with Gasteiger partial charge < -0.3 is 10.3 Å². The number of aryl methyl sites for hydroxylation is 1. The highest BCUT2D eigenvalue weighted by molar-refractivity contribution is 7.13. The molecule has 0 radical (unpaired) electrons. The third-order valence-corrected chi connectivity index (χ3v) is 3.38. The summed E-state index contributed by atoms with van der Waals surface area (Å²) in [5.74, 6) is 0.846. The zero-order valence-corrected chi connectivity index (χ0v) is 10.8. The summed E-state index contributed by atoms with van der Waals surface area (Å²) >= 11 is 1.43. The molecule has 0 saturated heterocycles. The van der Waals surface area contributed by atoms with Crippen LogP contribution in [0.1, 0.15) is 13.3 Å². The molecule has 0 aliphatic rings. The summed E-state index contributed by atoms with van der Waals surface area (Å²) in [5, 5.41) is 2.50. The third kappa shape index (κ3) is 1.74.